The van der Waals surface area contributed by atoms with Gasteiger partial charge in [-0.2, -0.15) is 0 Å². The van der Waals surface area contributed by atoms with Crippen molar-refractivity contribution in [2.75, 3.05) is 47.1 Å². The monoisotopic (exact) mass is 406 g/mol. The summed E-state index contributed by atoms with van der Waals surface area (Å²) in [4.78, 5) is 14.6. The summed E-state index contributed by atoms with van der Waals surface area (Å²) in [7, 11) is 3.11. The number of nitrogens with one attached hydrogen (secondary N) is 1. The van der Waals surface area contributed by atoms with Crippen molar-refractivity contribution >= 4 is 5.91 Å². The summed E-state index contributed by atoms with van der Waals surface area (Å²) in [5, 5.41) is 2.67. The van der Waals surface area contributed by atoms with E-state index in [4.69, 9.17) is 14.2 Å². The second-order valence-corrected chi connectivity index (χ2v) is 6.59. The van der Waals surface area contributed by atoms with Crippen LogP contribution in [0.25, 0.3) is 0 Å². The minimum atomic E-state index is -0.892. The van der Waals surface area contributed by atoms with E-state index in [1.807, 2.05) is 12.1 Å². The number of benzene rings is 2. The SMILES string of the molecule is COc1ccc(C(CNC(=O)c2c(F)cccc2F)N2CCOCC2)cc1OC. The lowest BCUT2D eigenvalue weighted by molar-refractivity contribution is 0.0161. The Kier molecular flexibility index (Phi) is 7.00. The van der Waals surface area contributed by atoms with Crippen LogP contribution in [0, 0.1) is 11.6 Å². The van der Waals surface area contributed by atoms with Crippen LogP contribution in [0.15, 0.2) is 36.4 Å². The van der Waals surface area contributed by atoms with Crippen LogP contribution in [-0.4, -0.2) is 57.9 Å². The summed E-state index contributed by atoms with van der Waals surface area (Å²) in [6.45, 7) is 2.65. The van der Waals surface area contributed by atoms with Gasteiger partial charge in [-0.05, 0) is 29.8 Å². The van der Waals surface area contributed by atoms with Gasteiger partial charge in [0.15, 0.2) is 11.5 Å². The Morgan fingerprint density at radius 1 is 1.10 bits per heavy atom. The fourth-order valence-corrected chi connectivity index (χ4v) is 3.40. The van der Waals surface area contributed by atoms with E-state index in [2.05, 4.69) is 10.2 Å². The van der Waals surface area contributed by atoms with Crippen molar-refractivity contribution in [2.45, 2.75) is 6.04 Å². The molecule has 1 N–H and O–H groups in total. The summed E-state index contributed by atoms with van der Waals surface area (Å²) in [5.74, 6) is -1.42. The van der Waals surface area contributed by atoms with Crippen molar-refractivity contribution in [3.8, 4) is 11.5 Å². The van der Waals surface area contributed by atoms with Crippen LogP contribution in [-0.2, 0) is 4.74 Å². The first-order valence-electron chi connectivity index (χ1n) is 9.31. The standard InChI is InChI=1S/C21H24F2N2O4/c1-27-18-7-6-14(12-19(18)28-2)17(25-8-10-29-11-9-25)13-24-21(26)20-15(22)4-3-5-16(20)23/h3-7,12,17H,8-11,13H2,1-2H3,(H,24,26). The number of hydrogen-bond acceptors (Lipinski definition) is 5. The van der Waals surface area contributed by atoms with E-state index >= 15 is 0 Å². The number of carbonyl (C=O) groups is 1. The third kappa shape index (κ3) is 4.83. The van der Waals surface area contributed by atoms with E-state index in [1.165, 1.54) is 6.07 Å². The third-order valence-electron chi connectivity index (χ3n) is 4.92. The molecule has 0 bridgehead atoms. The van der Waals surface area contributed by atoms with Gasteiger partial charge in [0.1, 0.15) is 17.2 Å². The first-order valence-corrected chi connectivity index (χ1v) is 9.31. The molecule has 0 spiro atoms. The molecule has 29 heavy (non-hydrogen) atoms. The summed E-state index contributed by atoms with van der Waals surface area (Å²) in [5.41, 5.74) is 0.305. The number of morpholine rings is 1. The number of amides is 1. The summed E-state index contributed by atoms with van der Waals surface area (Å²) >= 11 is 0. The topological polar surface area (TPSA) is 60.0 Å². The zero-order chi connectivity index (χ0) is 20.8. The lowest BCUT2D eigenvalue weighted by Gasteiger charge is -2.35. The van der Waals surface area contributed by atoms with Gasteiger partial charge in [-0.3, -0.25) is 9.69 Å². The van der Waals surface area contributed by atoms with E-state index in [1.54, 1.807) is 20.3 Å². The molecule has 6 nitrogen and oxygen atoms in total. The molecule has 1 unspecified atom stereocenters. The van der Waals surface area contributed by atoms with E-state index < -0.39 is 23.1 Å². The minimum absolute atomic E-state index is 0.169. The number of carbonyl (C=O) groups excluding carboxylic acids is 1. The predicted molar refractivity (Wildman–Crippen MR) is 103 cm³/mol. The maximum absolute atomic E-state index is 13.9. The smallest absolute Gasteiger partial charge is 0.257 e. The van der Waals surface area contributed by atoms with Crippen molar-refractivity contribution in [1.29, 1.82) is 0 Å². The average molecular weight is 406 g/mol. The van der Waals surface area contributed by atoms with Crippen LogP contribution in [0.3, 0.4) is 0 Å². The number of rotatable bonds is 7. The van der Waals surface area contributed by atoms with Crippen LogP contribution < -0.4 is 14.8 Å². The molecule has 1 aliphatic heterocycles. The van der Waals surface area contributed by atoms with Gasteiger partial charge in [0, 0.05) is 19.6 Å². The number of nitrogens with zero attached hydrogens (tertiary/aromatic N) is 1. The quantitative estimate of drug-likeness (QED) is 0.766. The molecule has 1 fully saturated rings. The molecule has 2 aromatic carbocycles. The number of ether oxygens (including phenoxy) is 3. The predicted octanol–water partition coefficient (Wildman–Crippen LogP) is 2.79. The van der Waals surface area contributed by atoms with Crippen LogP contribution in [0.4, 0.5) is 8.78 Å². The molecular weight excluding hydrogens is 382 g/mol. The number of hydrogen-bond donors (Lipinski definition) is 1. The highest BCUT2D eigenvalue weighted by Gasteiger charge is 2.25. The fourth-order valence-electron chi connectivity index (χ4n) is 3.40. The van der Waals surface area contributed by atoms with Crippen LogP contribution >= 0.6 is 0 Å². The van der Waals surface area contributed by atoms with Gasteiger partial charge in [-0.25, -0.2) is 8.78 Å². The maximum atomic E-state index is 13.9. The van der Waals surface area contributed by atoms with Crippen LogP contribution in [0.2, 0.25) is 0 Å². The van der Waals surface area contributed by atoms with Crippen molar-refractivity contribution in [3.63, 3.8) is 0 Å². The van der Waals surface area contributed by atoms with Gasteiger partial charge in [0.25, 0.3) is 5.91 Å². The second-order valence-electron chi connectivity index (χ2n) is 6.59. The Labute approximate surface area is 168 Å². The molecular formula is C21H24F2N2O4. The van der Waals surface area contributed by atoms with E-state index in [9.17, 15) is 13.6 Å². The van der Waals surface area contributed by atoms with E-state index in [0.29, 0.717) is 37.8 Å². The molecule has 8 heteroatoms. The van der Waals surface area contributed by atoms with E-state index in [-0.39, 0.29) is 12.6 Å². The molecule has 0 aromatic heterocycles. The summed E-state index contributed by atoms with van der Waals surface area (Å²) < 4.78 is 43.9. The van der Waals surface area contributed by atoms with Gasteiger partial charge in [-0.15, -0.1) is 0 Å². The fraction of sp³-hybridized carbons (Fsp3) is 0.381. The summed E-state index contributed by atoms with van der Waals surface area (Å²) in [6.07, 6.45) is 0. The maximum Gasteiger partial charge on any atom is 0.257 e. The Bertz CT molecular complexity index is 836. The molecule has 1 atom stereocenters. The van der Waals surface area contributed by atoms with Gasteiger partial charge in [-0.1, -0.05) is 12.1 Å². The molecule has 1 aliphatic rings. The number of halogens is 2. The van der Waals surface area contributed by atoms with Gasteiger partial charge in [0.2, 0.25) is 0 Å². The van der Waals surface area contributed by atoms with Gasteiger partial charge in [0.05, 0.1) is 33.5 Å². The Morgan fingerprint density at radius 3 is 2.38 bits per heavy atom. The van der Waals surface area contributed by atoms with Crippen LogP contribution in [0.1, 0.15) is 22.0 Å². The normalized spacial score (nSPS) is 15.6. The Morgan fingerprint density at radius 2 is 1.76 bits per heavy atom. The zero-order valence-corrected chi connectivity index (χ0v) is 16.4. The molecule has 156 valence electrons. The van der Waals surface area contributed by atoms with Gasteiger partial charge < -0.3 is 19.5 Å². The van der Waals surface area contributed by atoms with Crippen molar-refractivity contribution in [1.82, 2.24) is 10.2 Å². The van der Waals surface area contributed by atoms with Gasteiger partial charge >= 0.3 is 0 Å². The molecule has 0 radical (unpaired) electrons. The second kappa shape index (κ2) is 9.67. The highest BCUT2D eigenvalue weighted by molar-refractivity contribution is 5.94. The third-order valence-corrected chi connectivity index (χ3v) is 4.92. The highest BCUT2D eigenvalue weighted by Crippen LogP contribution is 2.32. The molecule has 1 heterocycles. The molecule has 3 rings (SSSR count). The molecule has 1 saturated heterocycles. The van der Waals surface area contributed by atoms with E-state index in [0.717, 1.165) is 17.7 Å². The van der Waals surface area contributed by atoms with Crippen molar-refractivity contribution in [2.24, 2.45) is 0 Å². The first-order chi connectivity index (χ1) is 14.0. The lowest BCUT2D eigenvalue weighted by Crippen LogP contribution is -2.44. The van der Waals surface area contributed by atoms with Crippen LogP contribution in [0.5, 0.6) is 11.5 Å². The molecule has 0 saturated carbocycles. The zero-order valence-electron chi connectivity index (χ0n) is 16.4. The molecule has 2 aromatic rings. The summed E-state index contributed by atoms with van der Waals surface area (Å²) in [6, 6.07) is 8.64. The number of methoxy groups -OCH3 is 2. The molecule has 0 aliphatic carbocycles. The van der Waals surface area contributed by atoms with Crippen molar-refractivity contribution in [3.05, 3.63) is 59.2 Å². The highest BCUT2D eigenvalue weighted by atomic mass is 19.1. The lowest BCUT2D eigenvalue weighted by atomic mass is 10.0. The largest absolute Gasteiger partial charge is 0.493 e. The first kappa shape index (κ1) is 21.0. The molecule has 1 amide bonds. The Balaban J connectivity index is 1.84. The minimum Gasteiger partial charge on any atom is -0.493 e. The Hall–Kier alpha value is -2.71. The van der Waals surface area contributed by atoms with Crippen molar-refractivity contribution < 1.29 is 27.8 Å². The average Bonchev–Trinajstić information content (AvgIpc) is 2.74.